The van der Waals surface area contributed by atoms with Gasteiger partial charge in [-0.15, -0.1) is 11.3 Å². The van der Waals surface area contributed by atoms with Crippen molar-refractivity contribution >= 4 is 42.3 Å². The molecule has 3 aromatic heterocycles. The Morgan fingerprint density at radius 3 is 2.21 bits per heavy atom. The Bertz CT molecular complexity index is 1510. The number of aromatic nitrogens is 2. The SMILES string of the molecule is Cc1cc(C)cc(-c2nccc3c2sc2c4cnc(CC(C)(C)C(F)(F)F)cc4ccc32)c1. The van der Waals surface area contributed by atoms with Crippen LogP contribution in [0.1, 0.15) is 30.7 Å². The maximum Gasteiger partial charge on any atom is 0.394 e. The molecule has 5 rings (SSSR count). The molecular formula is C27H23F3N2S. The largest absolute Gasteiger partial charge is 0.394 e. The normalized spacial score (nSPS) is 12.8. The van der Waals surface area contributed by atoms with Crippen molar-refractivity contribution < 1.29 is 13.2 Å². The molecule has 0 unspecified atom stereocenters. The summed E-state index contributed by atoms with van der Waals surface area (Å²) < 4.78 is 42.2. The van der Waals surface area contributed by atoms with Crippen molar-refractivity contribution in [2.24, 2.45) is 5.41 Å². The lowest BCUT2D eigenvalue weighted by Crippen LogP contribution is -2.34. The van der Waals surface area contributed by atoms with Crippen LogP contribution < -0.4 is 0 Å². The standard InChI is InChI=1S/C27H23F3N2S/c1-15-9-16(2)11-18(10-15)23-25-21(7-8-31-23)20-6-5-17-12-19(13-26(3,4)27(28,29)30)32-14-22(17)24(20)33-25/h5-12,14H,13H2,1-4H3. The molecule has 0 aliphatic carbocycles. The second-order valence-electron chi connectivity index (χ2n) is 9.41. The Kier molecular flexibility index (Phi) is 4.98. The molecule has 0 aliphatic rings. The first-order valence-electron chi connectivity index (χ1n) is 10.8. The molecule has 0 atom stereocenters. The van der Waals surface area contributed by atoms with Crippen molar-refractivity contribution in [3.8, 4) is 11.3 Å². The van der Waals surface area contributed by atoms with Crippen LogP contribution in [0.5, 0.6) is 0 Å². The second kappa shape index (κ2) is 7.52. The molecular weight excluding hydrogens is 441 g/mol. The Labute approximate surface area is 194 Å². The molecule has 0 radical (unpaired) electrons. The van der Waals surface area contributed by atoms with E-state index in [0.29, 0.717) is 5.69 Å². The van der Waals surface area contributed by atoms with Gasteiger partial charge in [0, 0.05) is 50.9 Å². The molecule has 0 amide bonds. The van der Waals surface area contributed by atoms with Gasteiger partial charge in [0.2, 0.25) is 0 Å². The molecule has 6 heteroatoms. The lowest BCUT2D eigenvalue weighted by molar-refractivity contribution is -0.211. The van der Waals surface area contributed by atoms with Gasteiger partial charge in [-0.2, -0.15) is 13.2 Å². The highest BCUT2D eigenvalue weighted by atomic mass is 32.1. The van der Waals surface area contributed by atoms with Gasteiger partial charge in [0.05, 0.1) is 15.8 Å². The fourth-order valence-electron chi connectivity index (χ4n) is 4.39. The highest BCUT2D eigenvalue weighted by Crippen LogP contribution is 2.43. The van der Waals surface area contributed by atoms with Gasteiger partial charge < -0.3 is 0 Å². The van der Waals surface area contributed by atoms with Gasteiger partial charge in [0.1, 0.15) is 0 Å². The zero-order chi connectivity index (χ0) is 23.5. The number of thiophene rings is 1. The van der Waals surface area contributed by atoms with Gasteiger partial charge in [-0.1, -0.05) is 43.2 Å². The number of aryl methyl sites for hydroxylation is 2. The third kappa shape index (κ3) is 3.76. The Morgan fingerprint density at radius 1 is 0.818 bits per heavy atom. The smallest absolute Gasteiger partial charge is 0.261 e. The summed E-state index contributed by atoms with van der Waals surface area (Å²) in [7, 11) is 0. The molecule has 0 bridgehead atoms. The summed E-state index contributed by atoms with van der Waals surface area (Å²) in [4.78, 5) is 9.12. The maximum atomic E-state index is 13.4. The van der Waals surface area contributed by atoms with Gasteiger partial charge in [0.15, 0.2) is 0 Å². The number of alkyl halides is 3. The minimum atomic E-state index is -4.28. The van der Waals surface area contributed by atoms with E-state index in [1.54, 1.807) is 23.6 Å². The summed E-state index contributed by atoms with van der Waals surface area (Å²) in [5, 5.41) is 4.09. The van der Waals surface area contributed by atoms with Crippen molar-refractivity contribution in [1.82, 2.24) is 9.97 Å². The zero-order valence-corrected chi connectivity index (χ0v) is 19.7. The van der Waals surface area contributed by atoms with Crippen LogP contribution in [0.4, 0.5) is 13.2 Å². The molecule has 2 nitrogen and oxygen atoms in total. The van der Waals surface area contributed by atoms with E-state index in [2.05, 4.69) is 43.1 Å². The van der Waals surface area contributed by atoms with Crippen LogP contribution >= 0.6 is 11.3 Å². The van der Waals surface area contributed by atoms with Crippen LogP contribution in [0.3, 0.4) is 0 Å². The van der Waals surface area contributed by atoms with E-state index in [1.165, 1.54) is 25.0 Å². The molecule has 5 aromatic rings. The van der Waals surface area contributed by atoms with Crippen LogP contribution in [0, 0.1) is 19.3 Å². The molecule has 168 valence electrons. The number of hydrogen-bond donors (Lipinski definition) is 0. The molecule has 2 aromatic carbocycles. The van der Waals surface area contributed by atoms with Gasteiger partial charge >= 0.3 is 6.18 Å². The predicted molar refractivity (Wildman–Crippen MR) is 131 cm³/mol. The average molecular weight is 465 g/mol. The van der Waals surface area contributed by atoms with Crippen LogP contribution in [0.15, 0.2) is 54.9 Å². The van der Waals surface area contributed by atoms with E-state index < -0.39 is 11.6 Å². The van der Waals surface area contributed by atoms with E-state index in [1.807, 2.05) is 18.3 Å². The minimum Gasteiger partial charge on any atom is -0.261 e. The highest BCUT2D eigenvalue weighted by Gasteiger charge is 2.47. The van der Waals surface area contributed by atoms with Crippen LogP contribution in [-0.2, 0) is 6.42 Å². The third-order valence-corrected chi connectivity index (χ3v) is 7.46. The number of benzene rings is 2. The van der Waals surface area contributed by atoms with Gasteiger partial charge in [-0.05, 0) is 43.5 Å². The van der Waals surface area contributed by atoms with Gasteiger partial charge in [-0.3, -0.25) is 9.97 Å². The molecule has 0 saturated carbocycles. The molecule has 0 saturated heterocycles. The number of pyridine rings is 2. The first kappa shape index (κ1) is 21.8. The number of fused-ring (bicyclic) bond motifs is 5. The Hall–Kier alpha value is -2.99. The Morgan fingerprint density at radius 2 is 1.52 bits per heavy atom. The van der Waals surface area contributed by atoms with Crippen molar-refractivity contribution in [2.75, 3.05) is 0 Å². The monoisotopic (exact) mass is 464 g/mol. The lowest BCUT2D eigenvalue weighted by atomic mass is 9.86. The van der Waals surface area contributed by atoms with Crippen molar-refractivity contribution in [3.05, 3.63) is 71.7 Å². The molecule has 0 fully saturated rings. The van der Waals surface area contributed by atoms with Crippen molar-refractivity contribution in [2.45, 2.75) is 40.3 Å². The molecule has 0 N–H and O–H groups in total. The van der Waals surface area contributed by atoms with E-state index >= 15 is 0 Å². The molecule has 0 aliphatic heterocycles. The molecule has 0 spiro atoms. The van der Waals surface area contributed by atoms with E-state index in [4.69, 9.17) is 4.98 Å². The van der Waals surface area contributed by atoms with Crippen molar-refractivity contribution in [1.29, 1.82) is 0 Å². The maximum absolute atomic E-state index is 13.4. The first-order valence-corrected chi connectivity index (χ1v) is 11.6. The summed E-state index contributed by atoms with van der Waals surface area (Å²) in [5.41, 5.74) is 3.03. The topological polar surface area (TPSA) is 25.8 Å². The van der Waals surface area contributed by atoms with Crippen LogP contribution in [0.2, 0.25) is 0 Å². The summed E-state index contributed by atoms with van der Waals surface area (Å²) in [5.74, 6) is 0. The second-order valence-corrected chi connectivity index (χ2v) is 10.4. The Balaban J connectivity index is 1.67. The predicted octanol–water partition coefficient (Wildman–Crippen LogP) is 8.41. The first-order chi connectivity index (χ1) is 15.5. The van der Waals surface area contributed by atoms with E-state index in [9.17, 15) is 13.2 Å². The summed E-state index contributed by atoms with van der Waals surface area (Å²) in [6.07, 6.45) is -0.876. The third-order valence-electron chi connectivity index (χ3n) is 6.20. The minimum absolute atomic E-state index is 0.155. The summed E-state index contributed by atoms with van der Waals surface area (Å²) >= 11 is 1.67. The summed E-state index contributed by atoms with van der Waals surface area (Å²) in [6, 6.07) is 14.3. The lowest BCUT2D eigenvalue weighted by Gasteiger charge is -2.27. The molecule has 33 heavy (non-hydrogen) atoms. The average Bonchev–Trinajstić information content (AvgIpc) is 3.11. The number of hydrogen-bond acceptors (Lipinski definition) is 3. The molecule has 3 heterocycles. The van der Waals surface area contributed by atoms with E-state index in [0.717, 1.165) is 42.2 Å². The highest BCUT2D eigenvalue weighted by molar-refractivity contribution is 7.27. The van der Waals surface area contributed by atoms with Gasteiger partial charge in [0.25, 0.3) is 0 Å². The van der Waals surface area contributed by atoms with Gasteiger partial charge in [-0.25, -0.2) is 0 Å². The van der Waals surface area contributed by atoms with Crippen LogP contribution in [0.25, 0.3) is 42.2 Å². The number of rotatable bonds is 3. The summed E-state index contributed by atoms with van der Waals surface area (Å²) in [6.45, 7) is 6.60. The number of nitrogens with zero attached hydrogens (tertiary/aromatic N) is 2. The van der Waals surface area contributed by atoms with E-state index in [-0.39, 0.29) is 6.42 Å². The van der Waals surface area contributed by atoms with Crippen molar-refractivity contribution in [3.63, 3.8) is 0 Å². The fourth-order valence-corrected chi connectivity index (χ4v) is 5.72. The fraction of sp³-hybridized carbons (Fsp3) is 0.259. The van der Waals surface area contributed by atoms with Crippen LogP contribution in [-0.4, -0.2) is 16.1 Å². The zero-order valence-electron chi connectivity index (χ0n) is 18.8. The quantitative estimate of drug-likeness (QED) is 0.268. The number of halogens is 3.